The van der Waals surface area contributed by atoms with Crippen molar-refractivity contribution in [2.75, 3.05) is 0 Å². The molecule has 4 rings (SSSR count). The predicted molar refractivity (Wildman–Crippen MR) is 81.8 cm³/mol. The van der Waals surface area contributed by atoms with Gasteiger partial charge in [0.2, 0.25) is 0 Å². The highest BCUT2D eigenvalue weighted by Crippen LogP contribution is 2.38. The summed E-state index contributed by atoms with van der Waals surface area (Å²) in [6, 6.07) is 17.6. The molecule has 0 N–H and O–H groups in total. The SMILES string of the molecule is FC(F)(F)c1nc2c3ccccc3ccc2c2ccccc12. The molecular weight excluding hydrogens is 287 g/mol. The molecule has 1 heterocycles. The summed E-state index contributed by atoms with van der Waals surface area (Å²) in [6.07, 6.45) is -4.48. The monoisotopic (exact) mass is 297 g/mol. The second-order valence-corrected chi connectivity index (χ2v) is 5.19. The normalized spacial score (nSPS) is 12.3. The Hall–Kier alpha value is -2.62. The topological polar surface area (TPSA) is 12.9 Å². The molecule has 0 unspecified atom stereocenters. The Morgan fingerprint density at radius 2 is 1.27 bits per heavy atom. The summed E-state index contributed by atoms with van der Waals surface area (Å²) in [5, 5.41) is 3.06. The molecule has 0 amide bonds. The molecule has 1 aromatic heterocycles. The van der Waals surface area contributed by atoms with Crippen LogP contribution in [0.2, 0.25) is 0 Å². The van der Waals surface area contributed by atoms with E-state index in [-0.39, 0.29) is 5.39 Å². The Kier molecular flexibility index (Phi) is 2.64. The molecule has 0 radical (unpaired) electrons. The maximum Gasteiger partial charge on any atom is 0.433 e. The third-order valence-electron chi connectivity index (χ3n) is 3.87. The Morgan fingerprint density at radius 3 is 2.00 bits per heavy atom. The predicted octanol–water partition coefficient (Wildman–Crippen LogP) is 5.56. The van der Waals surface area contributed by atoms with E-state index in [0.29, 0.717) is 10.9 Å². The zero-order valence-electron chi connectivity index (χ0n) is 11.4. The number of aromatic nitrogens is 1. The van der Waals surface area contributed by atoms with Gasteiger partial charge in [0.25, 0.3) is 0 Å². The zero-order valence-corrected chi connectivity index (χ0v) is 11.4. The van der Waals surface area contributed by atoms with Gasteiger partial charge >= 0.3 is 6.18 Å². The van der Waals surface area contributed by atoms with Crippen molar-refractivity contribution in [2.24, 2.45) is 0 Å². The smallest absolute Gasteiger partial charge is 0.242 e. The van der Waals surface area contributed by atoms with Crippen LogP contribution in [0.15, 0.2) is 60.7 Å². The number of pyridine rings is 1. The molecule has 1 nitrogen and oxygen atoms in total. The van der Waals surface area contributed by atoms with E-state index in [1.54, 1.807) is 24.3 Å². The number of hydrogen-bond acceptors (Lipinski definition) is 1. The van der Waals surface area contributed by atoms with E-state index in [1.165, 1.54) is 6.07 Å². The molecule has 0 bridgehead atoms. The first-order valence-corrected chi connectivity index (χ1v) is 6.83. The van der Waals surface area contributed by atoms with E-state index in [2.05, 4.69) is 4.98 Å². The van der Waals surface area contributed by atoms with Gasteiger partial charge in [0.1, 0.15) is 0 Å². The lowest BCUT2D eigenvalue weighted by molar-refractivity contribution is -0.139. The van der Waals surface area contributed by atoms with E-state index >= 15 is 0 Å². The maximum atomic E-state index is 13.4. The highest BCUT2D eigenvalue weighted by Gasteiger charge is 2.35. The molecule has 0 saturated carbocycles. The van der Waals surface area contributed by atoms with Crippen molar-refractivity contribution in [1.29, 1.82) is 0 Å². The number of benzene rings is 3. The van der Waals surface area contributed by atoms with Crippen molar-refractivity contribution >= 4 is 32.4 Å². The van der Waals surface area contributed by atoms with E-state index in [9.17, 15) is 13.2 Å². The molecule has 0 fully saturated rings. The Morgan fingerprint density at radius 1 is 0.636 bits per heavy atom. The highest BCUT2D eigenvalue weighted by molar-refractivity contribution is 6.15. The van der Waals surface area contributed by atoms with Gasteiger partial charge in [0, 0.05) is 16.2 Å². The van der Waals surface area contributed by atoms with Crippen LogP contribution in [0.1, 0.15) is 5.69 Å². The highest BCUT2D eigenvalue weighted by atomic mass is 19.4. The van der Waals surface area contributed by atoms with Crippen LogP contribution >= 0.6 is 0 Å². The van der Waals surface area contributed by atoms with Crippen molar-refractivity contribution in [3.8, 4) is 0 Å². The van der Waals surface area contributed by atoms with Gasteiger partial charge in [-0.2, -0.15) is 13.2 Å². The first kappa shape index (κ1) is 13.1. The molecule has 4 heteroatoms. The van der Waals surface area contributed by atoms with Crippen LogP contribution in [0.3, 0.4) is 0 Å². The van der Waals surface area contributed by atoms with Gasteiger partial charge in [-0.25, -0.2) is 4.98 Å². The molecule has 0 spiro atoms. The largest absolute Gasteiger partial charge is 0.433 e. The maximum absolute atomic E-state index is 13.4. The molecule has 108 valence electrons. The lowest BCUT2D eigenvalue weighted by Gasteiger charge is -2.13. The van der Waals surface area contributed by atoms with E-state index in [4.69, 9.17) is 0 Å². The van der Waals surface area contributed by atoms with E-state index in [1.807, 2.05) is 30.3 Å². The quantitative estimate of drug-likeness (QED) is 0.387. The Balaban J connectivity index is 2.30. The molecule has 4 aromatic rings. The van der Waals surface area contributed by atoms with Crippen molar-refractivity contribution in [1.82, 2.24) is 4.98 Å². The Bertz CT molecular complexity index is 1020. The van der Waals surface area contributed by atoms with Gasteiger partial charge in [-0.3, -0.25) is 0 Å². The summed E-state index contributed by atoms with van der Waals surface area (Å²) in [5.74, 6) is 0. The van der Waals surface area contributed by atoms with E-state index < -0.39 is 11.9 Å². The average Bonchev–Trinajstić information content (AvgIpc) is 2.52. The van der Waals surface area contributed by atoms with Crippen LogP contribution in [0.25, 0.3) is 32.4 Å². The van der Waals surface area contributed by atoms with Crippen LogP contribution in [0, 0.1) is 0 Å². The number of alkyl halides is 3. The molecule has 3 aromatic carbocycles. The Labute approximate surface area is 124 Å². The fourth-order valence-corrected chi connectivity index (χ4v) is 2.91. The molecule has 0 aliphatic heterocycles. The molecule has 0 aliphatic rings. The van der Waals surface area contributed by atoms with E-state index in [0.717, 1.165) is 16.2 Å². The number of rotatable bonds is 0. The lowest BCUT2D eigenvalue weighted by atomic mass is 10.00. The standard InChI is InChI=1S/C18H10F3N/c19-18(20,21)17-15-8-4-3-7-13(15)14-10-9-11-5-1-2-6-12(11)16(14)22-17/h1-10H. The van der Waals surface area contributed by atoms with Gasteiger partial charge < -0.3 is 0 Å². The molecule has 0 saturated heterocycles. The molecular formula is C18H10F3N. The molecule has 0 aliphatic carbocycles. The lowest BCUT2D eigenvalue weighted by Crippen LogP contribution is -2.09. The summed E-state index contributed by atoms with van der Waals surface area (Å²) in [4.78, 5) is 3.98. The zero-order chi connectivity index (χ0) is 15.3. The fourth-order valence-electron chi connectivity index (χ4n) is 2.91. The van der Waals surface area contributed by atoms with Crippen LogP contribution in [0.5, 0.6) is 0 Å². The second kappa shape index (κ2) is 4.44. The van der Waals surface area contributed by atoms with Crippen molar-refractivity contribution in [2.45, 2.75) is 6.18 Å². The molecule has 22 heavy (non-hydrogen) atoms. The third-order valence-corrected chi connectivity index (χ3v) is 3.87. The number of fused-ring (bicyclic) bond motifs is 5. The van der Waals surface area contributed by atoms with Gasteiger partial charge in [0.05, 0.1) is 5.52 Å². The fraction of sp³-hybridized carbons (Fsp3) is 0.0556. The van der Waals surface area contributed by atoms with Crippen molar-refractivity contribution in [3.05, 3.63) is 66.4 Å². The van der Waals surface area contributed by atoms with Crippen LogP contribution < -0.4 is 0 Å². The minimum absolute atomic E-state index is 0.137. The summed E-state index contributed by atoms with van der Waals surface area (Å²) in [5.41, 5.74) is -0.434. The first-order valence-electron chi connectivity index (χ1n) is 6.83. The number of halogens is 3. The number of hydrogen-bond donors (Lipinski definition) is 0. The van der Waals surface area contributed by atoms with Gasteiger partial charge in [0.15, 0.2) is 5.69 Å². The van der Waals surface area contributed by atoms with Gasteiger partial charge in [-0.15, -0.1) is 0 Å². The molecule has 0 atom stereocenters. The summed E-state index contributed by atoms with van der Waals surface area (Å²) in [7, 11) is 0. The average molecular weight is 297 g/mol. The minimum atomic E-state index is -4.48. The van der Waals surface area contributed by atoms with Crippen molar-refractivity contribution in [3.63, 3.8) is 0 Å². The van der Waals surface area contributed by atoms with Crippen molar-refractivity contribution < 1.29 is 13.2 Å². The summed E-state index contributed by atoms with van der Waals surface area (Å²) in [6.45, 7) is 0. The third kappa shape index (κ3) is 1.84. The minimum Gasteiger partial charge on any atom is -0.242 e. The summed E-state index contributed by atoms with van der Waals surface area (Å²) >= 11 is 0. The summed E-state index contributed by atoms with van der Waals surface area (Å²) < 4.78 is 40.1. The van der Waals surface area contributed by atoms with Crippen LogP contribution in [-0.2, 0) is 6.18 Å². The number of nitrogens with zero attached hydrogens (tertiary/aromatic N) is 1. The van der Waals surface area contributed by atoms with Gasteiger partial charge in [-0.1, -0.05) is 60.7 Å². The van der Waals surface area contributed by atoms with Gasteiger partial charge in [-0.05, 0) is 10.8 Å². The van der Waals surface area contributed by atoms with Crippen LogP contribution in [-0.4, -0.2) is 4.98 Å². The second-order valence-electron chi connectivity index (χ2n) is 5.19. The van der Waals surface area contributed by atoms with Crippen LogP contribution in [0.4, 0.5) is 13.2 Å². The first-order chi connectivity index (χ1) is 10.6.